The lowest BCUT2D eigenvalue weighted by atomic mass is 10.1. The summed E-state index contributed by atoms with van der Waals surface area (Å²) in [4.78, 5) is 12.0. The molecule has 8 nitrogen and oxygen atoms in total. The van der Waals surface area contributed by atoms with Crippen molar-refractivity contribution in [3.05, 3.63) is 24.3 Å². The minimum absolute atomic E-state index is 0.253. The van der Waals surface area contributed by atoms with E-state index in [4.69, 9.17) is 10.8 Å². The number of aromatic nitrogens is 4. The predicted molar refractivity (Wildman–Crippen MR) is 66.0 cm³/mol. The zero-order valence-corrected chi connectivity index (χ0v) is 9.88. The van der Waals surface area contributed by atoms with Gasteiger partial charge in [0.1, 0.15) is 24.1 Å². The van der Waals surface area contributed by atoms with E-state index >= 15 is 0 Å². The number of fused-ring (bicyclic) bond motifs is 1. The van der Waals surface area contributed by atoms with E-state index in [9.17, 15) is 10.2 Å². The number of nitrogens with two attached hydrogens (primary N) is 1. The van der Waals surface area contributed by atoms with Crippen LogP contribution >= 0.6 is 0 Å². The highest BCUT2D eigenvalue weighted by atomic mass is 16.3. The normalized spacial score (nSPS) is 26.9. The van der Waals surface area contributed by atoms with Gasteiger partial charge in [-0.3, -0.25) is 0 Å². The molecule has 2 aromatic heterocycles. The number of nitrogens with zero attached hydrogens (tertiary/aromatic N) is 4. The number of hydrogen-bond donors (Lipinski definition) is 4. The van der Waals surface area contributed by atoms with Crippen molar-refractivity contribution in [1.29, 1.82) is 0 Å². The standard InChI is InChI=1S/C11H13N5O3/c12-10-7-11(14-3-13-10)16(4-15-7)6-1-5(2-17)8(18)9(6)19/h1,3-4,6,8-9,17-19H,2H2,(H2,12,13,14)/t6-,8+,9+/m0/s1. The molecular formula is C11H13N5O3. The van der Waals surface area contributed by atoms with Gasteiger partial charge in [0.05, 0.1) is 19.0 Å². The van der Waals surface area contributed by atoms with Crippen molar-refractivity contribution in [2.45, 2.75) is 18.2 Å². The summed E-state index contributed by atoms with van der Waals surface area (Å²) in [6.07, 6.45) is 2.24. The largest absolute Gasteiger partial charge is 0.392 e. The van der Waals surface area contributed by atoms with Crippen molar-refractivity contribution in [2.24, 2.45) is 0 Å². The molecule has 3 rings (SSSR count). The Hall–Kier alpha value is -2.03. The van der Waals surface area contributed by atoms with Crippen LogP contribution in [0.5, 0.6) is 0 Å². The number of imidazole rings is 1. The van der Waals surface area contributed by atoms with E-state index in [1.54, 1.807) is 10.6 Å². The highest BCUT2D eigenvalue weighted by Crippen LogP contribution is 2.31. The van der Waals surface area contributed by atoms with Gasteiger partial charge >= 0.3 is 0 Å². The molecule has 0 bridgehead atoms. The van der Waals surface area contributed by atoms with Crippen molar-refractivity contribution in [3.63, 3.8) is 0 Å². The first-order valence-corrected chi connectivity index (χ1v) is 5.74. The smallest absolute Gasteiger partial charge is 0.166 e. The summed E-state index contributed by atoms with van der Waals surface area (Å²) in [5.41, 5.74) is 6.98. The maximum absolute atomic E-state index is 10.0. The van der Waals surface area contributed by atoms with Crippen LogP contribution in [0.3, 0.4) is 0 Å². The van der Waals surface area contributed by atoms with Gasteiger partial charge in [-0.05, 0) is 5.57 Å². The van der Waals surface area contributed by atoms with E-state index in [0.29, 0.717) is 16.7 Å². The lowest BCUT2D eigenvalue weighted by Crippen LogP contribution is -2.30. The Balaban J connectivity index is 2.11. The van der Waals surface area contributed by atoms with Crippen molar-refractivity contribution >= 4 is 17.0 Å². The second kappa shape index (κ2) is 4.26. The number of hydrogen-bond acceptors (Lipinski definition) is 7. The molecule has 3 atom stereocenters. The van der Waals surface area contributed by atoms with E-state index in [1.165, 1.54) is 12.7 Å². The van der Waals surface area contributed by atoms with Crippen LogP contribution in [0.4, 0.5) is 5.82 Å². The molecule has 0 aliphatic heterocycles. The fourth-order valence-corrected chi connectivity index (χ4v) is 2.30. The number of anilines is 1. The lowest BCUT2D eigenvalue weighted by molar-refractivity contribution is 0.0287. The Bertz CT molecular complexity index is 653. The van der Waals surface area contributed by atoms with Gasteiger partial charge in [-0.2, -0.15) is 0 Å². The van der Waals surface area contributed by atoms with Crippen LogP contribution in [-0.4, -0.2) is 53.7 Å². The number of aliphatic hydroxyl groups is 3. The molecule has 100 valence electrons. The van der Waals surface area contributed by atoms with Gasteiger partial charge in [0, 0.05) is 0 Å². The summed E-state index contributed by atoms with van der Waals surface area (Å²) >= 11 is 0. The number of nitrogen functional groups attached to an aromatic ring is 1. The van der Waals surface area contributed by atoms with E-state index in [1.807, 2.05) is 0 Å². The summed E-state index contributed by atoms with van der Waals surface area (Å²) in [5, 5.41) is 28.9. The van der Waals surface area contributed by atoms with Crippen LogP contribution in [0.1, 0.15) is 6.04 Å². The Labute approximate surface area is 107 Å². The van der Waals surface area contributed by atoms with Crippen molar-refractivity contribution < 1.29 is 15.3 Å². The number of aliphatic hydroxyl groups excluding tert-OH is 3. The quantitative estimate of drug-likeness (QED) is 0.490. The highest BCUT2D eigenvalue weighted by molar-refractivity contribution is 5.81. The van der Waals surface area contributed by atoms with E-state index in [-0.39, 0.29) is 12.4 Å². The third kappa shape index (κ3) is 1.69. The first-order valence-electron chi connectivity index (χ1n) is 5.74. The first-order chi connectivity index (χ1) is 9.13. The molecule has 5 N–H and O–H groups in total. The van der Waals surface area contributed by atoms with Crippen LogP contribution in [0, 0.1) is 0 Å². The molecule has 2 heterocycles. The third-order valence-corrected chi connectivity index (χ3v) is 3.33. The summed E-state index contributed by atoms with van der Waals surface area (Å²) in [6.45, 7) is -0.307. The van der Waals surface area contributed by atoms with Gasteiger partial charge in [-0.15, -0.1) is 0 Å². The monoisotopic (exact) mass is 263 g/mol. The maximum Gasteiger partial charge on any atom is 0.166 e. The average Bonchev–Trinajstić information content (AvgIpc) is 2.94. The van der Waals surface area contributed by atoms with Gasteiger partial charge in [0.2, 0.25) is 0 Å². The second-order valence-corrected chi connectivity index (χ2v) is 4.41. The minimum Gasteiger partial charge on any atom is -0.392 e. The van der Waals surface area contributed by atoms with Crippen molar-refractivity contribution in [3.8, 4) is 0 Å². The summed E-state index contributed by atoms with van der Waals surface area (Å²) < 4.78 is 1.60. The Morgan fingerprint density at radius 3 is 2.74 bits per heavy atom. The molecule has 0 saturated carbocycles. The lowest BCUT2D eigenvalue weighted by Gasteiger charge is -2.18. The third-order valence-electron chi connectivity index (χ3n) is 3.33. The molecule has 1 aliphatic carbocycles. The van der Waals surface area contributed by atoms with Crippen molar-refractivity contribution in [1.82, 2.24) is 19.5 Å². The molecule has 19 heavy (non-hydrogen) atoms. The Morgan fingerprint density at radius 1 is 1.26 bits per heavy atom. The molecule has 2 aromatic rings. The van der Waals surface area contributed by atoms with Crippen molar-refractivity contribution in [2.75, 3.05) is 12.3 Å². The molecule has 8 heteroatoms. The van der Waals surface area contributed by atoms with Crippen LogP contribution in [0.2, 0.25) is 0 Å². The minimum atomic E-state index is -1.09. The highest BCUT2D eigenvalue weighted by Gasteiger charge is 2.36. The van der Waals surface area contributed by atoms with Gasteiger partial charge in [-0.25, -0.2) is 15.0 Å². The van der Waals surface area contributed by atoms with E-state index < -0.39 is 18.2 Å². The Morgan fingerprint density at radius 2 is 2.05 bits per heavy atom. The molecule has 0 amide bonds. The predicted octanol–water partition coefficient (Wildman–Crippen LogP) is -1.40. The van der Waals surface area contributed by atoms with Gasteiger partial charge in [0.15, 0.2) is 11.5 Å². The molecule has 0 spiro atoms. The van der Waals surface area contributed by atoms with E-state index in [0.717, 1.165) is 0 Å². The van der Waals surface area contributed by atoms with Crippen LogP contribution in [0.15, 0.2) is 24.3 Å². The SMILES string of the molecule is Nc1ncnc2c1ncn2[C@H]1C=C(CO)[C@@H](O)[C@@H]1O. The first kappa shape index (κ1) is 12.0. The second-order valence-electron chi connectivity index (χ2n) is 4.41. The van der Waals surface area contributed by atoms with E-state index in [2.05, 4.69) is 15.0 Å². The molecule has 0 unspecified atom stereocenters. The molecule has 1 aliphatic rings. The average molecular weight is 263 g/mol. The summed E-state index contributed by atoms with van der Waals surface area (Å²) in [6, 6.07) is -0.545. The Kier molecular flexibility index (Phi) is 2.70. The summed E-state index contributed by atoms with van der Waals surface area (Å²) in [7, 11) is 0. The van der Waals surface area contributed by atoms with Gasteiger partial charge in [0.25, 0.3) is 0 Å². The topological polar surface area (TPSA) is 130 Å². The molecule has 0 saturated heterocycles. The molecule has 0 fully saturated rings. The number of rotatable bonds is 2. The fourth-order valence-electron chi connectivity index (χ4n) is 2.30. The maximum atomic E-state index is 10.0. The molecule has 0 radical (unpaired) electrons. The van der Waals surface area contributed by atoms with Crippen LogP contribution in [-0.2, 0) is 0 Å². The van der Waals surface area contributed by atoms with Crippen LogP contribution in [0.25, 0.3) is 11.2 Å². The fraction of sp³-hybridized carbons (Fsp3) is 0.364. The van der Waals surface area contributed by atoms with Gasteiger partial charge < -0.3 is 25.6 Å². The van der Waals surface area contributed by atoms with Crippen LogP contribution < -0.4 is 5.73 Å². The van der Waals surface area contributed by atoms with Gasteiger partial charge in [-0.1, -0.05) is 6.08 Å². The zero-order chi connectivity index (χ0) is 13.6. The zero-order valence-electron chi connectivity index (χ0n) is 9.88. The summed E-state index contributed by atoms with van der Waals surface area (Å²) in [5.74, 6) is 0.253. The molecular weight excluding hydrogens is 250 g/mol. The molecule has 0 aromatic carbocycles.